The van der Waals surface area contributed by atoms with Crippen molar-refractivity contribution in [2.75, 3.05) is 20.3 Å². The predicted octanol–water partition coefficient (Wildman–Crippen LogP) is 4.20. The van der Waals surface area contributed by atoms with Crippen molar-refractivity contribution in [1.82, 2.24) is 24.8 Å². The first-order valence-corrected chi connectivity index (χ1v) is 11.0. The fourth-order valence-electron chi connectivity index (χ4n) is 4.40. The van der Waals surface area contributed by atoms with Gasteiger partial charge in [0.25, 0.3) is 0 Å². The highest BCUT2D eigenvalue weighted by Gasteiger charge is 2.41. The number of hydrogen-bond donors (Lipinski definition) is 1. The van der Waals surface area contributed by atoms with Gasteiger partial charge >= 0.3 is 0 Å². The Labute approximate surface area is 189 Å². The van der Waals surface area contributed by atoms with Crippen molar-refractivity contribution in [2.45, 2.75) is 39.3 Å². The zero-order valence-corrected chi connectivity index (χ0v) is 19.3. The minimum atomic E-state index is -0.0174. The van der Waals surface area contributed by atoms with Crippen LogP contribution in [-0.4, -0.2) is 44.8 Å². The van der Waals surface area contributed by atoms with E-state index in [0.29, 0.717) is 6.61 Å². The number of pyridine rings is 2. The van der Waals surface area contributed by atoms with Crippen LogP contribution in [0.1, 0.15) is 46.7 Å². The Balaban J connectivity index is 1.78. The lowest BCUT2D eigenvalue weighted by Crippen LogP contribution is -2.31. The fourth-order valence-corrected chi connectivity index (χ4v) is 4.73. The molecule has 0 aliphatic carbocycles. The summed E-state index contributed by atoms with van der Waals surface area (Å²) in [5.41, 5.74) is 5.69. The summed E-state index contributed by atoms with van der Waals surface area (Å²) in [5, 5.41) is 4.29. The van der Waals surface area contributed by atoms with E-state index in [-0.39, 0.29) is 12.1 Å². The van der Waals surface area contributed by atoms with Gasteiger partial charge in [0.1, 0.15) is 5.82 Å². The van der Waals surface area contributed by atoms with Crippen LogP contribution in [-0.2, 0) is 4.74 Å². The zero-order chi connectivity index (χ0) is 22.0. The minimum Gasteiger partial charge on any atom is -0.385 e. The van der Waals surface area contributed by atoms with Crippen LogP contribution in [0.5, 0.6) is 0 Å². The Morgan fingerprint density at radius 1 is 1.13 bits per heavy atom. The molecule has 7 heteroatoms. The second-order valence-corrected chi connectivity index (χ2v) is 8.41. The SMILES string of the molecule is COCCCN1C(=S)N[C@@H](c2ccccn2)[C@@H]1c1cc(C)n(-c2ccc(C)cn2)c1C. The molecule has 4 heterocycles. The molecule has 0 radical (unpaired) electrons. The molecule has 6 nitrogen and oxygen atoms in total. The van der Waals surface area contributed by atoms with Gasteiger partial charge in [0.05, 0.1) is 17.8 Å². The first-order valence-electron chi connectivity index (χ1n) is 10.6. The van der Waals surface area contributed by atoms with Crippen molar-refractivity contribution < 1.29 is 4.74 Å². The molecule has 3 aromatic rings. The Morgan fingerprint density at radius 3 is 2.65 bits per heavy atom. The van der Waals surface area contributed by atoms with Gasteiger partial charge in [-0.2, -0.15) is 0 Å². The van der Waals surface area contributed by atoms with Gasteiger partial charge in [0.2, 0.25) is 0 Å². The molecule has 31 heavy (non-hydrogen) atoms. The molecule has 1 aliphatic heterocycles. The summed E-state index contributed by atoms with van der Waals surface area (Å²) < 4.78 is 7.51. The summed E-state index contributed by atoms with van der Waals surface area (Å²) in [6, 6.07) is 12.5. The number of methoxy groups -OCH3 is 1. The lowest BCUT2D eigenvalue weighted by atomic mass is 9.96. The number of nitrogens with zero attached hydrogens (tertiary/aromatic N) is 4. The van der Waals surface area contributed by atoms with E-state index in [1.165, 1.54) is 11.3 Å². The molecule has 4 rings (SSSR count). The highest BCUT2D eigenvalue weighted by molar-refractivity contribution is 7.80. The van der Waals surface area contributed by atoms with Gasteiger partial charge in [0.15, 0.2) is 5.11 Å². The second kappa shape index (κ2) is 9.16. The van der Waals surface area contributed by atoms with Crippen LogP contribution in [0.4, 0.5) is 0 Å². The van der Waals surface area contributed by atoms with Crippen molar-refractivity contribution in [2.24, 2.45) is 0 Å². The van der Waals surface area contributed by atoms with Crippen molar-refractivity contribution in [3.05, 3.63) is 77.0 Å². The molecule has 0 aromatic carbocycles. The van der Waals surface area contributed by atoms with Crippen LogP contribution in [0.2, 0.25) is 0 Å². The molecule has 2 atom stereocenters. The third-order valence-corrected chi connectivity index (χ3v) is 6.21. The Kier molecular flexibility index (Phi) is 6.34. The Bertz CT molecular complexity index is 1050. The second-order valence-electron chi connectivity index (χ2n) is 8.02. The minimum absolute atomic E-state index is 0.0174. The van der Waals surface area contributed by atoms with E-state index in [2.05, 4.69) is 69.8 Å². The molecule has 1 aliphatic rings. The normalized spacial score (nSPS) is 18.5. The molecule has 1 N–H and O–H groups in total. The number of aromatic nitrogens is 3. The van der Waals surface area contributed by atoms with Crippen molar-refractivity contribution in [3.8, 4) is 5.82 Å². The van der Waals surface area contributed by atoms with Crippen LogP contribution in [0.25, 0.3) is 5.82 Å². The van der Waals surface area contributed by atoms with Gasteiger partial charge in [-0.25, -0.2) is 4.98 Å². The van der Waals surface area contributed by atoms with Crippen LogP contribution in [0, 0.1) is 20.8 Å². The molecule has 0 spiro atoms. The summed E-state index contributed by atoms with van der Waals surface area (Å²) in [7, 11) is 1.73. The zero-order valence-electron chi connectivity index (χ0n) is 18.5. The highest BCUT2D eigenvalue weighted by Crippen LogP contribution is 2.41. The molecule has 3 aromatic heterocycles. The summed E-state index contributed by atoms with van der Waals surface area (Å²) in [4.78, 5) is 11.6. The first kappa shape index (κ1) is 21.5. The lowest BCUT2D eigenvalue weighted by molar-refractivity contribution is 0.180. The monoisotopic (exact) mass is 435 g/mol. The predicted molar refractivity (Wildman–Crippen MR) is 126 cm³/mol. The number of hydrogen-bond acceptors (Lipinski definition) is 4. The van der Waals surface area contributed by atoms with E-state index < -0.39 is 0 Å². The molecular formula is C24H29N5OS. The topological polar surface area (TPSA) is 55.2 Å². The van der Waals surface area contributed by atoms with E-state index in [4.69, 9.17) is 17.0 Å². The molecule has 0 unspecified atom stereocenters. The average Bonchev–Trinajstić information content (AvgIpc) is 3.25. The maximum atomic E-state index is 5.76. The van der Waals surface area contributed by atoms with Crippen LogP contribution < -0.4 is 5.32 Å². The summed E-state index contributed by atoms with van der Waals surface area (Å²) in [6.07, 6.45) is 4.65. The van der Waals surface area contributed by atoms with Crippen LogP contribution >= 0.6 is 12.2 Å². The first-order chi connectivity index (χ1) is 15.0. The Morgan fingerprint density at radius 2 is 1.97 bits per heavy atom. The largest absolute Gasteiger partial charge is 0.385 e. The summed E-state index contributed by atoms with van der Waals surface area (Å²) in [6.45, 7) is 7.86. The molecular weight excluding hydrogens is 406 g/mol. The standard InChI is InChI=1S/C24H29N5OS/c1-16-9-10-21(26-15-16)29-17(2)14-19(18(29)3)23-22(20-8-5-6-11-25-20)27-24(31)28(23)12-7-13-30-4/h5-6,8-11,14-15,22-23H,7,12-13H2,1-4H3,(H,27,31)/t22-,23-/m0/s1. The maximum Gasteiger partial charge on any atom is 0.170 e. The number of ether oxygens (including phenoxy) is 1. The Hall–Kier alpha value is -2.77. The lowest BCUT2D eigenvalue weighted by Gasteiger charge is -2.28. The maximum absolute atomic E-state index is 5.76. The van der Waals surface area contributed by atoms with Gasteiger partial charge in [-0.05, 0) is 74.8 Å². The fraction of sp³-hybridized carbons (Fsp3) is 0.375. The van der Waals surface area contributed by atoms with Gasteiger partial charge in [-0.1, -0.05) is 12.1 Å². The average molecular weight is 436 g/mol. The molecule has 0 amide bonds. The third-order valence-electron chi connectivity index (χ3n) is 5.86. The number of thiocarbonyl (C=S) groups is 1. The van der Waals surface area contributed by atoms with E-state index >= 15 is 0 Å². The van der Waals surface area contributed by atoms with E-state index in [0.717, 1.165) is 40.8 Å². The smallest absolute Gasteiger partial charge is 0.170 e. The van der Waals surface area contributed by atoms with Crippen molar-refractivity contribution >= 4 is 17.3 Å². The van der Waals surface area contributed by atoms with Gasteiger partial charge in [0, 0.05) is 44.0 Å². The molecule has 162 valence electrons. The molecule has 0 bridgehead atoms. The van der Waals surface area contributed by atoms with Gasteiger partial charge in [-0.3, -0.25) is 4.98 Å². The molecule has 1 fully saturated rings. The van der Waals surface area contributed by atoms with E-state index in [9.17, 15) is 0 Å². The number of aryl methyl sites for hydroxylation is 2. The molecule has 1 saturated heterocycles. The number of nitrogens with one attached hydrogen (secondary N) is 1. The number of rotatable bonds is 7. The molecule has 0 saturated carbocycles. The quantitative estimate of drug-likeness (QED) is 0.443. The summed E-state index contributed by atoms with van der Waals surface area (Å²) in [5.74, 6) is 0.931. The van der Waals surface area contributed by atoms with Crippen molar-refractivity contribution in [1.29, 1.82) is 0 Å². The van der Waals surface area contributed by atoms with Crippen LogP contribution in [0.3, 0.4) is 0 Å². The van der Waals surface area contributed by atoms with Crippen LogP contribution in [0.15, 0.2) is 48.8 Å². The van der Waals surface area contributed by atoms with E-state index in [1.54, 1.807) is 7.11 Å². The summed E-state index contributed by atoms with van der Waals surface area (Å²) >= 11 is 5.76. The van der Waals surface area contributed by atoms with E-state index in [1.807, 2.05) is 24.5 Å². The van der Waals surface area contributed by atoms with Crippen molar-refractivity contribution in [3.63, 3.8) is 0 Å². The highest BCUT2D eigenvalue weighted by atomic mass is 32.1. The third kappa shape index (κ3) is 4.20. The van der Waals surface area contributed by atoms with Gasteiger partial charge < -0.3 is 19.5 Å². The van der Waals surface area contributed by atoms with Gasteiger partial charge in [-0.15, -0.1) is 0 Å².